The number of hydrogen-bond donors (Lipinski definition) is 4. The summed E-state index contributed by atoms with van der Waals surface area (Å²) in [6.07, 6.45) is 3.15. The van der Waals surface area contributed by atoms with E-state index < -0.39 is 38.7 Å². The molecule has 0 saturated heterocycles. The van der Waals surface area contributed by atoms with Gasteiger partial charge in [0.1, 0.15) is 11.5 Å². The number of aromatic nitrogens is 2. The maximum Gasteiger partial charge on any atom is 0.232 e. The van der Waals surface area contributed by atoms with Crippen molar-refractivity contribution in [2.75, 3.05) is 16.2 Å². The van der Waals surface area contributed by atoms with Crippen molar-refractivity contribution in [2.45, 2.75) is 20.3 Å². The number of aromatic amines is 1. The minimum atomic E-state index is -3.86. The van der Waals surface area contributed by atoms with E-state index in [9.17, 15) is 17.6 Å². The molecule has 186 valence electrons. The highest BCUT2D eigenvalue weighted by molar-refractivity contribution is 7.92. The van der Waals surface area contributed by atoms with E-state index in [1.807, 2.05) is 0 Å². The number of pyridine rings is 1. The van der Waals surface area contributed by atoms with E-state index in [1.54, 1.807) is 44.3 Å². The number of sulfonamides is 1. The van der Waals surface area contributed by atoms with Gasteiger partial charge < -0.3 is 16.1 Å². The predicted octanol–water partition coefficient (Wildman–Crippen LogP) is 4.86. The lowest BCUT2D eigenvalue weighted by Crippen LogP contribution is -2.18. The first-order valence-corrected chi connectivity index (χ1v) is 12.6. The van der Waals surface area contributed by atoms with Crippen LogP contribution in [0.15, 0.2) is 48.8 Å². The molecule has 0 atom stereocenters. The highest BCUT2D eigenvalue weighted by Crippen LogP contribution is 2.30. The molecule has 36 heavy (non-hydrogen) atoms. The molecule has 2 aromatic heterocycles. The number of hydrogen-bond acceptors (Lipinski definition) is 6. The zero-order chi connectivity index (χ0) is 26.2. The van der Waals surface area contributed by atoms with Crippen molar-refractivity contribution in [1.82, 2.24) is 9.97 Å². The SMILES string of the molecule is CCCS(=O)(=O)Nc1ccc(F)c(C(=O)c2c[nH]c3ncc(-c4ccc(N)c(C(C)=N)c4)cc23)c1F. The quantitative estimate of drug-likeness (QED) is 0.152. The molecule has 0 saturated carbocycles. The molecule has 5 N–H and O–H groups in total. The lowest BCUT2D eigenvalue weighted by Gasteiger charge is -2.11. The predicted molar refractivity (Wildman–Crippen MR) is 136 cm³/mol. The Hall–Kier alpha value is -4.12. The largest absolute Gasteiger partial charge is 0.398 e. The number of rotatable bonds is 8. The van der Waals surface area contributed by atoms with Crippen LogP contribution in [0.3, 0.4) is 0 Å². The normalized spacial score (nSPS) is 11.6. The van der Waals surface area contributed by atoms with Crippen LogP contribution in [0.1, 0.15) is 41.8 Å². The first-order valence-electron chi connectivity index (χ1n) is 11.0. The van der Waals surface area contributed by atoms with Crippen molar-refractivity contribution in [2.24, 2.45) is 0 Å². The summed E-state index contributed by atoms with van der Waals surface area (Å²) < 4.78 is 56.1. The molecule has 0 spiro atoms. The number of nitrogens with two attached hydrogens (primary N) is 1. The Morgan fingerprint density at radius 1 is 1.14 bits per heavy atom. The number of nitrogens with zero attached hydrogens (tertiary/aromatic N) is 1. The van der Waals surface area contributed by atoms with Gasteiger partial charge in [-0.2, -0.15) is 0 Å². The highest BCUT2D eigenvalue weighted by atomic mass is 32.2. The number of nitrogens with one attached hydrogen (secondary N) is 3. The van der Waals surface area contributed by atoms with E-state index in [0.717, 1.165) is 12.1 Å². The van der Waals surface area contributed by atoms with Gasteiger partial charge in [0.05, 0.1) is 17.0 Å². The summed E-state index contributed by atoms with van der Waals surface area (Å²) in [5, 5.41) is 8.22. The third kappa shape index (κ3) is 4.69. The molecule has 0 radical (unpaired) electrons. The van der Waals surface area contributed by atoms with Gasteiger partial charge in [-0.25, -0.2) is 22.2 Å². The molecule has 0 amide bonds. The van der Waals surface area contributed by atoms with Crippen molar-refractivity contribution in [3.63, 3.8) is 0 Å². The smallest absolute Gasteiger partial charge is 0.232 e. The fraction of sp³-hybridized carbons (Fsp3) is 0.160. The lowest BCUT2D eigenvalue weighted by atomic mass is 9.98. The Kier molecular flexibility index (Phi) is 6.59. The standard InChI is InChI=1S/C25H23F2N5O3S/c1-3-8-36(34,35)32-21-7-5-19(26)22(23(21)27)24(33)18-12-31-25-17(18)10-15(11-30-25)14-4-6-20(29)16(9-14)13(2)28/h4-7,9-12,28,32H,3,8,29H2,1-2H3,(H,30,31). The van der Waals surface area contributed by atoms with E-state index in [0.29, 0.717) is 39.8 Å². The van der Waals surface area contributed by atoms with Crippen molar-refractivity contribution < 1.29 is 22.0 Å². The Morgan fingerprint density at radius 3 is 2.58 bits per heavy atom. The molecule has 0 unspecified atom stereocenters. The summed E-state index contributed by atoms with van der Waals surface area (Å²) in [5.41, 5.74) is 7.39. The summed E-state index contributed by atoms with van der Waals surface area (Å²) >= 11 is 0. The van der Waals surface area contributed by atoms with Gasteiger partial charge in [0.15, 0.2) is 5.82 Å². The van der Waals surface area contributed by atoms with Crippen LogP contribution in [0.25, 0.3) is 22.2 Å². The summed E-state index contributed by atoms with van der Waals surface area (Å²) in [7, 11) is -3.86. The van der Waals surface area contributed by atoms with E-state index >= 15 is 4.39 Å². The van der Waals surface area contributed by atoms with Crippen LogP contribution in [0.2, 0.25) is 0 Å². The molecule has 0 aliphatic rings. The Bertz CT molecular complexity index is 1630. The molecule has 0 fully saturated rings. The number of nitrogen functional groups attached to an aromatic ring is 1. The Balaban J connectivity index is 1.79. The average molecular weight is 512 g/mol. The second-order valence-corrected chi connectivity index (χ2v) is 10.1. The maximum absolute atomic E-state index is 15.2. The Morgan fingerprint density at radius 2 is 1.89 bits per heavy atom. The molecular formula is C25H23F2N5O3S. The molecule has 4 rings (SSSR count). The molecule has 4 aromatic rings. The third-order valence-corrected chi connectivity index (χ3v) is 7.10. The number of H-pyrrole nitrogens is 1. The van der Waals surface area contributed by atoms with Gasteiger partial charge in [-0.05, 0) is 49.2 Å². The number of carbonyl (C=O) groups excluding carboxylic acids is 1. The van der Waals surface area contributed by atoms with Crippen molar-refractivity contribution in [3.8, 4) is 11.1 Å². The van der Waals surface area contributed by atoms with E-state index in [2.05, 4.69) is 14.7 Å². The van der Waals surface area contributed by atoms with Crippen molar-refractivity contribution in [1.29, 1.82) is 5.41 Å². The second kappa shape index (κ2) is 9.50. The summed E-state index contributed by atoms with van der Waals surface area (Å²) in [6.45, 7) is 3.26. The minimum absolute atomic E-state index is 0.0374. The zero-order valence-corrected chi connectivity index (χ0v) is 20.3. The van der Waals surface area contributed by atoms with Crippen molar-refractivity contribution in [3.05, 3.63) is 77.1 Å². The molecule has 8 nitrogen and oxygen atoms in total. The molecule has 2 heterocycles. The fourth-order valence-corrected chi connectivity index (χ4v) is 5.00. The van der Waals surface area contributed by atoms with Crippen LogP contribution in [0.5, 0.6) is 0 Å². The molecule has 11 heteroatoms. The minimum Gasteiger partial charge on any atom is -0.398 e. The number of benzene rings is 2. The maximum atomic E-state index is 15.2. The number of carbonyl (C=O) groups is 1. The van der Waals surface area contributed by atoms with E-state index in [4.69, 9.17) is 11.1 Å². The van der Waals surface area contributed by atoms with E-state index in [-0.39, 0.29) is 17.0 Å². The van der Waals surface area contributed by atoms with Crippen LogP contribution in [0, 0.1) is 17.0 Å². The van der Waals surface area contributed by atoms with Crippen molar-refractivity contribution >= 4 is 43.9 Å². The third-order valence-electron chi connectivity index (χ3n) is 5.62. The van der Waals surface area contributed by atoms with Crippen LogP contribution in [-0.4, -0.2) is 35.6 Å². The molecule has 0 aliphatic carbocycles. The zero-order valence-electron chi connectivity index (χ0n) is 19.4. The number of halogens is 2. The highest BCUT2D eigenvalue weighted by Gasteiger charge is 2.26. The van der Waals surface area contributed by atoms with Gasteiger partial charge in [-0.1, -0.05) is 13.0 Å². The lowest BCUT2D eigenvalue weighted by molar-refractivity contribution is 0.103. The van der Waals surface area contributed by atoms with Crippen LogP contribution in [-0.2, 0) is 10.0 Å². The average Bonchev–Trinajstić information content (AvgIpc) is 3.24. The fourth-order valence-electron chi connectivity index (χ4n) is 3.87. The second-order valence-electron chi connectivity index (χ2n) is 8.28. The van der Waals surface area contributed by atoms with Gasteiger partial charge in [0.25, 0.3) is 0 Å². The molecule has 0 aliphatic heterocycles. The van der Waals surface area contributed by atoms with Gasteiger partial charge in [0.2, 0.25) is 15.8 Å². The topological polar surface area (TPSA) is 142 Å². The van der Waals surface area contributed by atoms with Crippen LogP contribution in [0.4, 0.5) is 20.2 Å². The summed E-state index contributed by atoms with van der Waals surface area (Å²) in [4.78, 5) is 20.4. The first-order chi connectivity index (χ1) is 17.0. The van der Waals surface area contributed by atoms with Gasteiger partial charge >= 0.3 is 0 Å². The monoisotopic (exact) mass is 511 g/mol. The van der Waals surface area contributed by atoms with Gasteiger partial charge in [-0.15, -0.1) is 0 Å². The van der Waals surface area contributed by atoms with Crippen LogP contribution < -0.4 is 10.5 Å². The summed E-state index contributed by atoms with van der Waals surface area (Å²) in [5.74, 6) is -3.66. The molecule has 2 aromatic carbocycles. The number of anilines is 2. The van der Waals surface area contributed by atoms with Crippen LogP contribution >= 0.6 is 0 Å². The van der Waals surface area contributed by atoms with Gasteiger partial charge in [0, 0.05) is 45.9 Å². The number of fused-ring (bicyclic) bond motifs is 1. The number of ketones is 1. The van der Waals surface area contributed by atoms with Gasteiger partial charge in [-0.3, -0.25) is 9.52 Å². The first kappa shape index (κ1) is 25.0. The van der Waals surface area contributed by atoms with E-state index in [1.165, 1.54) is 6.20 Å². The Labute approximate surface area is 206 Å². The molecular weight excluding hydrogens is 488 g/mol. The summed E-state index contributed by atoms with van der Waals surface area (Å²) in [6, 6.07) is 8.54. The molecule has 0 bridgehead atoms.